The van der Waals surface area contributed by atoms with Gasteiger partial charge < -0.3 is 5.32 Å². The molecule has 5 nitrogen and oxygen atoms in total. The highest BCUT2D eigenvalue weighted by atomic mass is 19.1. The number of carbonyl (C=O) groups is 1. The molecule has 0 unspecified atom stereocenters. The molecule has 3 aromatic rings. The topological polar surface area (TPSA) is 70.7 Å². The van der Waals surface area contributed by atoms with E-state index in [2.05, 4.69) is 20.5 Å². The van der Waals surface area contributed by atoms with Crippen LogP contribution in [0, 0.1) is 11.7 Å². The molecule has 2 heterocycles. The molecule has 2 N–H and O–H groups in total. The van der Waals surface area contributed by atoms with Gasteiger partial charge in [-0.05, 0) is 43.5 Å². The molecule has 25 heavy (non-hydrogen) atoms. The van der Waals surface area contributed by atoms with Crippen molar-refractivity contribution in [3.63, 3.8) is 0 Å². The largest absolute Gasteiger partial charge is 0.324 e. The lowest BCUT2D eigenvalue weighted by molar-refractivity contribution is -0.120. The van der Waals surface area contributed by atoms with E-state index in [1.807, 2.05) is 12.1 Å². The number of pyridine rings is 1. The van der Waals surface area contributed by atoms with Gasteiger partial charge in [-0.15, -0.1) is 0 Å². The van der Waals surface area contributed by atoms with Crippen LogP contribution in [-0.4, -0.2) is 21.1 Å². The van der Waals surface area contributed by atoms with Crippen molar-refractivity contribution in [2.75, 3.05) is 5.32 Å². The monoisotopic (exact) mass is 336 g/mol. The van der Waals surface area contributed by atoms with Crippen molar-refractivity contribution >= 4 is 11.6 Å². The predicted octanol–water partition coefficient (Wildman–Crippen LogP) is 3.35. The maximum Gasteiger partial charge on any atom is 0.227 e. The number of benzene rings is 1. The highest BCUT2D eigenvalue weighted by Gasteiger charge is 2.28. The normalized spacial score (nSPS) is 16.3. The number of rotatable bonds is 3. The van der Waals surface area contributed by atoms with Gasteiger partial charge in [0.15, 0.2) is 0 Å². The van der Waals surface area contributed by atoms with Gasteiger partial charge in [0.1, 0.15) is 5.82 Å². The highest BCUT2D eigenvalue weighted by molar-refractivity contribution is 5.92. The first-order chi connectivity index (χ1) is 12.2. The Hall–Kier alpha value is -3.02. The molecule has 0 bridgehead atoms. The van der Waals surface area contributed by atoms with Crippen LogP contribution in [0.4, 0.5) is 10.1 Å². The fourth-order valence-corrected chi connectivity index (χ4v) is 3.27. The minimum Gasteiger partial charge on any atom is -0.324 e. The summed E-state index contributed by atoms with van der Waals surface area (Å²) in [5, 5.41) is 10.3. The fraction of sp³-hybridized carbons (Fsp3) is 0.211. The van der Waals surface area contributed by atoms with Crippen LogP contribution in [0.15, 0.2) is 48.8 Å². The van der Waals surface area contributed by atoms with E-state index in [1.165, 1.54) is 12.1 Å². The van der Waals surface area contributed by atoms with Gasteiger partial charge in [-0.3, -0.25) is 14.9 Å². The number of fused-ring (bicyclic) bond motifs is 1. The van der Waals surface area contributed by atoms with Crippen LogP contribution in [0.1, 0.15) is 17.7 Å². The number of carbonyl (C=O) groups excluding carboxylic acids is 1. The predicted molar refractivity (Wildman–Crippen MR) is 92.4 cm³/mol. The molecule has 1 aliphatic carbocycles. The Labute approximate surface area is 144 Å². The first kappa shape index (κ1) is 15.5. The zero-order chi connectivity index (χ0) is 17.2. The Balaban J connectivity index is 1.56. The van der Waals surface area contributed by atoms with Crippen molar-refractivity contribution in [1.29, 1.82) is 0 Å². The summed E-state index contributed by atoms with van der Waals surface area (Å²) in [6, 6.07) is 9.98. The summed E-state index contributed by atoms with van der Waals surface area (Å²) in [5.41, 5.74) is 4.18. The second kappa shape index (κ2) is 6.47. The molecule has 0 spiro atoms. The van der Waals surface area contributed by atoms with E-state index in [1.54, 1.807) is 24.5 Å². The molecular formula is C19H17FN4O. The van der Waals surface area contributed by atoms with Crippen molar-refractivity contribution in [3.05, 3.63) is 65.9 Å². The van der Waals surface area contributed by atoms with E-state index < -0.39 is 0 Å². The maximum absolute atomic E-state index is 13.5. The molecule has 1 aliphatic rings. The fourth-order valence-electron chi connectivity index (χ4n) is 3.27. The summed E-state index contributed by atoms with van der Waals surface area (Å²) in [6.07, 6.45) is 5.39. The number of aromatic nitrogens is 3. The number of aryl methyl sites for hydroxylation is 1. The molecule has 0 fully saturated rings. The van der Waals surface area contributed by atoms with Crippen LogP contribution >= 0.6 is 0 Å². The van der Waals surface area contributed by atoms with E-state index in [9.17, 15) is 9.18 Å². The number of hydrogen-bond acceptors (Lipinski definition) is 3. The summed E-state index contributed by atoms with van der Waals surface area (Å²) in [5.74, 6) is -0.460. The second-order valence-electron chi connectivity index (χ2n) is 6.21. The van der Waals surface area contributed by atoms with Gasteiger partial charge in [0, 0.05) is 28.9 Å². The summed E-state index contributed by atoms with van der Waals surface area (Å²) < 4.78 is 13.5. The Morgan fingerprint density at radius 1 is 1.28 bits per heavy atom. The molecule has 0 aliphatic heterocycles. The van der Waals surface area contributed by atoms with Gasteiger partial charge in [0.05, 0.1) is 17.6 Å². The van der Waals surface area contributed by atoms with Crippen LogP contribution < -0.4 is 5.32 Å². The van der Waals surface area contributed by atoms with Crippen molar-refractivity contribution in [3.8, 4) is 11.3 Å². The molecule has 6 heteroatoms. The molecule has 0 saturated heterocycles. The Morgan fingerprint density at radius 3 is 3.00 bits per heavy atom. The van der Waals surface area contributed by atoms with Crippen molar-refractivity contribution in [1.82, 2.24) is 15.2 Å². The quantitative estimate of drug-likeness (QED) is 0.770. The maximum atomic E-state index is 13.5. The molecule has 1 aromatic carbocycles. The minimum absolute atomic E-state index is 0.0231. The second-order valence-corrected chi connectivity index (χ2v) is 6.21. The van der Waals surface area contributed by atoms with Crippen molar-refractivity contribution in [2.24, 2.45) is 5.92 Å². The van der Waals surface area contributed by atoms with Crippen molar-refractivity contribution in [2.45, 2.75) is 19.3 Å². The first-order valence-corrected chi connectivity index (χ1v) is 8.23. The summed E-state index contributed by atoms with van der Waals surface area (Å²) in [6.45, 7) is 0. The molecule has 0 saturated carbocycles. The summed E-state index contributed by atoms with van der Waals surface area (Å²) in [7, 11) is 0. The number of hydrogen-bond donors (Lipinski definition) is 2. The molecule has 1 atom stereocenters. The van der Waals surface area contributed by atoms with Crippen LogP contribution in [0.5, 0.6) is 0 Å². The van der Waals surface area contributed by atoms with E-state index in [-0.39, 0.29) is 17.6 Å². The third-order valence-electron chi connectivity index (χ3n) is 4.54. The number of H-pyrrole nitrogens is 1. The number of nitrogens with zero attached hydrogens (tertiary/aromatic N) is 2. The number of anilines is 1. The summed E-state index contributed by atoms with van der Waals surface area (Å²) in [4.78, 5) is 16.6. The van der Waals surface area contributed by atoms with Gasteiger partial charge in [0.25, 0.3) is 0 Å². The molecule has 4 rings (SSSR count). The van der Waals surface area contributed by atoms with Crippen molar-refractivity contribution < 1.29 is 9.18 Å². The van der Waals surface area contributed by atoms with Crippen LogP contribution in [-0.2, 0) is 17.6 Å². The lowest BCUT2D eigenvalue weighted by Gasteiger charge is -2.21. The zero-order valence-electron chi connectivity index (χ0n) is 13.5. The van der Waals surface area contributed by atoms with Gasteiger partial charge in [-0.1, -0.05) is 12.1 Å². The number of aromatic amines is 1. The number of halogens is 1. The zero-order valence-corrected chi connectivity index (χ0v) is 13.5. The van der Waals surface area contributed by atoms with Crippen LogP contribution in [0.25, 0.3) is 11.3 Å². The van der Waals surface area contributed by atoms with Gasteiger partial charge in [-0.25, -0.2) is 4.39 Å². The average molecular weight is 336 g/mol. The Kier molecular flexibility index (Phi) is 4.01. The average Bonchev–Trinajstić information content (AvgIpc) is 3.05. The third kappa shape index (κ3) is 3.15. The van der Waals surface area contributed by atoms with E-state index in [0.29, 0.717) is 12.1 Å². The van der Waals surface area contributed by atoms with Gasteiger partial charge in [-0.2, -0.15) is 5.10 Å². The molecule has 2 aromatic heterocycles. The van der Waals surface area contributed by atoms with E-state index in [0.717, 1.165) is 35.4 Å². The standard InChI is InChI=1S/C19H17FN4O/c20-14-4-1-3-12(9-14)18-16-10-13(6-7-17(16)23-24-18)19(25)22-15-5-2-8-21-11-15/h1-5,8-9,11,13H,6-7,10H2,(H,22,25)(H,23,24)/t13-/m0/s1. The lowest BCUT2D eigenvalue weighted by Crippen LogP contribution is -2.28. The van der Waals surface area contributed by atoms with Gasteiger partial charge >= 0.3 is 0 Å². The molecule has 0 radical (unpaired) electrons. The van der Waals surface area contributed by atoms with E-state index >= 15 is 0 Å². The Morgan fingerprint density at radius 2 is 2.20 bits per heavy atom. The SMILES string of the molecule is O=C(Nc1cccnc1)[C@H]1CCc2[nH]nc(-c3cccc(F)c3)c2C1. The molecular weight excluding hydrogens is 319 g/mol. The van der Waals surface area contributed by atoms with Gasteiger partial charge in [0.2, 0.25) is 5.91 Å². The summed E-state index contributed by atoms with van der Waals surface area (Å²) >= 11 is 0. The lowest BCUT2D eigenvalue weighted by atomic mass is 9.85. The molecule has 126 valence electrons. The smallest absolute Gasteiger partial charge is 0.227 e. The number of amides is 1. The number of nitrogens with one attached hydrogen (secondary N) is 2. The highest BCUT2D eigenvalue weighted by Crippen LogP contribution is 2.32. The Bertz CT molecular complexity index is 907. The third-order valence-corrected chi connectivity index (χ3v) is 4.54. The van der Waals surface area contributed by atoms with Crippen LogP contribution in [0.3, 0.4) is 0 Å². The molecule has 1 amide bonds. The minimum atomic E-state index is -0.295. The van der Waals surface area contributed by atoms with Crippen LogP contribution in [0.2, 0.25) is 0 Å². The first-order valence-electron chi connectivity index (χ1n) is 8.23. The van der Waals surface area contributed by atoms with E-state index in [4.69, 9.17) is 0 Å².